The third kappa shape index (κ3) is 6.29. The van der Waals surface area contributed by atoms with Crippen molar-refractivity contribution >= 4 is 35.2 Å². The molecule has 4 aromatic rings. The highest BCUT2D eigenvalue weighted by Gasteiger charge is 2.28. The zero-order valence-electron chi connectivity index (χ0n) is 20.4. The van der Waals surface area contributed by atoms with Crippen LogP contribution in [0.15, 0.2) is 77.7 Å². The SMILES string of the molecule is CCOC(=O)c1ccc(S)cc1.COc1c(NCc2ccc(O)cc2)nc(C2CC2)c2ccccc12. The van der Waals surface area contributed by atoms with E-state index in [0.29, 0.717) is 24.6 Å². The molecule has 3 aromatic carbocycles. The van der Waals surface area contributed by atoms with Crippen LogP contribution in [0.2, 0.25) is 0 Å². The minimum Gasteiger partial charge on any atom is -0.508 e. The number of thiol groups is 1. The molecular weight excluding hydrogens is 472 g/mol. The fourth-order valence-corrected chi connectivity index (χ4v) is 4.02. The van der Waals surface area contributed by atoms with Gasteiger partial charge in [-0.05, 0) is 61.7 Å². The van der Waals surface area contributed by atoms with Gasteiger partial charge >= 0.3 is 5.97 Å². The second-order valence-corrected chi connectivity index (χ2v) is 9.00. The van der Waals surface area contributed by atoms with E-state index >= 15 is 0 Å². The Kier molecular flexibility index (Phi) is 8.33. The molecular formula is C29H30N2O4S. The summed E-state index contributed by atoms with van der Waals surface area (Å²) in [6, 6.07) is 22.4. The van der Waals surface area contributed by atoms with Gasteiger partial charge in [0, 0.05) is 28.1 Å². The molecule has 7 heteroatoms. The van der Waals surface area contributed by atoms with E-state index in [1.54, 1.807) is 50.4 Å². The van der Waals surface area contributed by atoms with Crippen molar-refractivity contribution in [1.82, 2.24) is 4.98 Å². The first-order valence-corrected chi connectivity index (χ1v) is 12.4. The number of hydrogen-bond acceptors (Lipinski definition) is 7. The summed E-state index contributed by atoms with van der Waals surface area (Å²) < 4.78 is 10.5. The second-order valence-electron chi connectivity index (χ2n) is 8.49. The van der Waals surface area contributed by atoms with E-state index in [9.17, 15) is 9.90 Å². The summed E-state index contributed by atoms with van der Waals surface area (Å²) in [7, 11) is 1.69. The smallest absolute Gasteiger partial charge is 0.338 e. The number of esters is 1. The first kappa shape index (κ1) is 25.4. The molecule has 0 atom stereocenters. The monoisotopic (exact) mass is 502 g/mol. The molecule has 0 amide bonds. The van der Waals surface area contributed by atoms with Gasteiger partial charge in [0.05, 0.1) is 25.0 Å². The maximum Gasteiger partial charge on any atom is 0.338 e. The van der Waals surface area contributed by atoms with Crippen LogP contribution >= 0.6 is 12.6 Å². The lowest BCUT2D eigenvalue weighted by Gasteiger charge is -2.16. The van der Waals surface area contributed by atoms with E-state index in [-0.39, 0.29) is 11.7 Å². The Morgan fingerprint density at radius 3 is 2.31 bits per heavy atom. The summed E-state index contributed by atoms with van der Waals surface area (Å²) in [6.45, 7) is 2.82. The normalized spacial score (nSPS) is 12.4. The van der Waals surface area contributed by atoms with Crippen molar-refractivity contribution in [2.24, 2.45) is 0 Å². The zero-order valence-corrected chi connectivity index (χ0v) is 21.3. The maximum absolute atomic E-state index is 11.1. The molecule has 1 aromatic heterocycles. The first-order chi connectivity index (χ1) is 17.5. The predicted molar refractivity (Wildman–Crippen MR) is 145 cm³/mol. The highest BCUT2D eigenvalue weighted by Crippen LogP contribution is 2.45. The average molecular weight is 503 g/mol. The number of aromatic nitrogens is 1. The predicted octanol–water partition coefficient (Wildman–Crippen LogP) is 6.59. The molecule has 186 valence electrons. The molecule has 6 nitrogen and oxygen atoms in total. The van der Waals surface area contributed by atoms with Crippen molar-refractivity contribution in [3.8, 4) is 11.5 Å². The molecule has 2 N–H and O–H groups in total. The summed E-state index contributed by atoms with van der Waals surface area (Å²) in [5.74, 6) is 2.12. The Morgan fingerprint density at radius 2 is 1.69 bits per heavy atom. The molecule has 1 aliphatic carbocycles. The molecule has 5 rings (SSSR count). The molecule has 0 saturated heterocycles. The Hall–Kier alpha value is -3.71. The standard InChI is InChI=1S/C20H20N2O2.C9H10O2S/c1-24-19-17-5-3-2-4-16(17)18(14-8-9-14)22-20(19)21-12-13-6-10-15(23)11-7-13;1-2-11-9(10)7-3-5-8(12)6-4-7/h2-7,10-11,14,23H,8-9,12H2,1H3,(H,21,22);3-6,12H,2H2,1H3. The summed E-state index contributed by atoms with van der Waals surface area (Å²) in [6.07, 6.45) is 2.42. The van der Waals surface area contributed by atoms with Crippen molar-refractivity contribution in [3.63, 3.8) is 0 Å². The number of carbonyl (C=O) groups is 1. The topological polar surface area (TPSA) is 80.7 Å². The van der Waals surface area contributed by atoms with Gasteiger partial charge in [-0.2, -0.15) is 0 Å². The van der Waals surface area contributed by atoms with E-state index in [4.69, 9.17) is 14.5 Å². The quantitative estimate of drug-likeness (QED) is 0.195. The van der Waals surface area contributed by atoms with E-state index in [1.807, 2.05) is 18.2 Å². The number of benzene rings is 3. The van der Waals surface area contributed by atoms with Crippen LogP contribution in [-0.4, -0.2) is 29.8 Å². The number of aromatic hydroxyl groups is 1. The van der Waals surface area contributed by atoms with Crippen LogP contribution in [0.1, 0.15) is 47.3 Å². The van der Waals surface area contributed by atoms with Crippen LogP contribution in [0.25, 0.3) is 10.8 Å². The van der Waals surface area contributed by atoms with Crippen molar-refractivity contribution < 1.29 is 19.4 Å². The number of nitrogens with one attached hydrogen (secondary N) is 1. The number of phenolic OH excluding ortho intramolecular Hbond substituents is 1. The number of methoxy groups -OCH3 is 1. The molecule has 0 aliphatic heterocycles. The van der Waals surface area contributed by atoms with Gasteiger partial charge in [0.25, 0.3) is 0 Å². The average Bonchev–Trinajstić information content (AvgIpc) is 3.74. The number of fused-ring (bicyclic) bond motifs is 1. The maximum atomic E-state index is 11.1. The third-order valence-corrected chi connectivity index (χ3v) is 6.14. The fraction of sp³-hybridized carbons (Fsp3) is 0.241. The van der Waals surface area contributed by atoms with Crippen LogP contribution in [0.4, 0.5) is 5.82 Å². The lowest BCUT2D eigenvalue weighted by atomic mass is 10.1. The molecule has 0 spiro atoms. The Morgan fingerprint density at radius 1 is 1.03 bits per heavy atom. The van der Waals surface area contributed by atoms with Crippen LogP contribution in [0.3, 0.4) is 0 Å². The van der Waals surface area contributed by atoms with Crippen LogP contribution in [-0.2, 0) is 11.3 Å². The fourth-order valence-electron chi connectivity index (χ4n) is 3.87. The molecule has 36 heavy (non-hydrogen) atoms. The first-order valence-electron chi connectivity index (χ1n) is 11.9. The van der Waals surface area contributed by atoms with Gasteiger partial charge in [0.15, 0.2) is 11.6 Å². The summed E-state index contributed by atoms with van der Waals surface area (Å²) in [4.78, 5) is 16.8. The van der Waals surface area contributed by atoms with Gasteiger partial charge in [-0.15, -0.1) is 12.6 Å². The number of carbonyl (C=O) groups excluding carboxylic acids is 1. The van der Waals surface area contributed by atoms with E-state index in [0.717, 1.165) is 27.4 Å². The summed E-state index contributed by atoms with van der Waals surface area (Å²) in [5.41, 5.74) is 2.81. The number of nitrogens with zero attached hydrogens (tertiary/aromatic N) is 1. The van der Waals surface area contributed by atoms with Gasteiger partial charge < -0.3 is 19.9 Å². The highest BCUT2D eigenvalue weighted by molar-refractivity contribution is 7.80. The highest BCUT2D eigenvalue weighted by atomic mass is 32.1. The number of rotatable bonds is 7. The van der Waals surface area contributed by atoms with Gasteiger partial charge in [-0.1, -0.05) is 36.4 Å². The van der Waals surface area contributed by atoms with Gasteiger partial charge in [0.2, 0.25) is 0 Å². The largest absolute Gasteiger partial charge is 0.508 e. The van der Waals surface area contributed by atoms with Gasteiger partial charge in [-0.25, -0.2) is 9.78 Å². The number of anilines is 1. The molecule has 1 aliphatic rings. The molecule has 1 fully saturated rings. The van der Waals surface area contributed by atoms with Crippen molar-refractivity contribution in [2.75, 3.05) is 19.0 Å². The van der Waals surface area contributed by atoms with Crippen LogP contribution in [0, 0.1) is 0 Å². The van der Waals surface area contributed by atoms with Crippen molar-refractivity contribution in [3.05, 3.63) is 89.6 Å². The minimum atomic E-state index is -0.286. The Balaban J connectivity index is 0.000000214. The number of phenols is 1. The molecule has 0 radical (unpaired) electrons. The van der Waals surface area contributed by atoms with E-state index in [1.165, 1.54) is 23.9 Å². The third-order valence-electron chi connectivity index (χ3n) is 5.84. The number of ether oxygens (including phenoxy) is 2. The summed E-state index contributed by atoms with van der Waals surface area (Å²) in [5, 5.41) is 15.1. The van der Waals surface area contributed by atoms with Crippen LogP contribution < -0.4 is 10.1 Å². The number of pyridine rings is 1. The minimum absolute atomic E-state index is 0.274. The molecule has 0 bridgehead atoms. The molecule has 0 unspecified atom stereocenters. The van der Waals surface area contributed by atoms with E-state index < -0.39 is 0 Å². The lowest BCUT2D eigenvalue weighted by molar-refractivity contribution is 0.0526. The molecule has 1 heterocycles. The van der Waals surface area contributed by atoms with Crippen molar-refractivity contribution in [2.45, 2.75) is 37.1 Å². The molecule has 1 saturated carbocycles. The van der Waals surface area contributed by atoms with Crippen LogP contribution in [0.5, 0.6) is 11.5 Å². The second kappa shape index (κ2) is 11.8. The Labute approximate surface area is 216 Å². The summed E-state index contributed by atoms with van der Waals surface area (Å²) >= 11 is 4.10. The zero-order chi connectivity index (χ0) is 25.5. The lowest BCUT2D eigenvalue weighted by Crippen LogP contribution is -2.06. The van der Waals surface area contributed by atoms with E-state index in [2.05, 4.69) is 36.1 Å². The number of hydrogen-bond donors (Lipinski definition) is 3. The Bertz CT molecular complexity index is 1320. The van der Waals surface area contributed by atoms with Gasteiger partial charge in [-0.3, -0.25) is 0 Å². The van der Waals surface area contributed by atoms with Gasteiger partial charge in [0.1, 0.15) is 5.75 Å². The van der Waals surface area contributed by atoms with Crippen molar-refractivity contribution in [1.29, 1.82) is 0 Å².